The fourth-order valence-corrected chi connectivity index (χ4v) is 3.28. The molecule has 0 spiro atoms. The molecule has 0 atom stereocenters. The molecule has 0 aromatic heterocycles. The third-order valence-electron chi connectivity index (χ3n) is 5.09. The van der Waals surface area contributed by atoms with Crippen LogP contribution in [-0.2, 0) is 4.74 Å². The predicted octanol–water partition coefficient (Wildman–Crippen LogP) is 4.44. The molecule has 0 unspecified atom stereocenters. The maximum atomic E-state index is 11.5. The number of rotatable bonds is 19. The SMILES string of the molecule is CCCCCCCCCCCCCCCCOC(=O)NC(=O)NCCC[NH+](C)C. The molecule has 6 nitrogen and oxygen atoms in total. The Labute approximate surface area is 179 Å². The highest BCUT2D eigenvalue weighted by atomic mass is 16.5. The van der Waals surface area contributed by atoms with Crippen LogP contribution in [0.25, 0.3) is 0 Å². The lowest BCUT2D eigenvalue weighted by atomic mass is 10.0. The summed E-state index contributed by atoms with van der Waals surface area (Å²) in [5.41, 5.74) is 0. The highest BCUT2D eigenvalue weighted by molar-refractivity contribution is 5.90. The minimum absolute atomic E-state index is 0.376. The lowest BCUT2D eigenvalue weighted by Gasteiger charge is -2.09. The van der Waals surface area contributed by atoms with Crippen LogP contribution in [0.3, 0.4) is 0 Å². The first-order valence-electron chi connectivity index (χ1n) is 12.1. The highest BCUT2D eigenvalue weighted by Gasteiger charge is 2.07. The van der Waals surface area contributed by atoms with Crippen LogP contribution in [-0.4, -0.2) is 45.9 Å². The summed E-state index contributed by atoms with van der Waals surface area (Å²) in [6.45, 7) is 4.18. The molecule has 6 heteroatoms. The summed E-state index contributed by atoms with van der Waals surface area (Å²) >= 11 is 0. The van der Waals surface area contributed by atoms with Crippen molar-refractivity contribution in [3.8, 4) is 0 Å². The molecular weight excluding hydrogens is 366 g/mol. The number of carbonyl (C=O) groups is 2. The van der Waals surface area contributed by atoms with Gasteiger partial charge in [0.1, 0.15) is 0 Å². The van der Waals surface area contributed by atoms with Crippen LogP contribution < -0.4 is 15.5 Å². The normalized spacial score (nSPS) is 10.9. The molecule has 172 valence electrons. The molecule has 0 rings (SSSR count). The number of urea groups is 1. The Hall–Kier alpha value is -1.30. The minimum atomic E-state index is -0.657. The van der Waals surface area contributed by atoms with E-state index in [9.17, 15) is 9.59 Å². The lowest BCUT2D eigenvalue weighted by molar-refractivity contribution is -0.858. The van der Waals surface area contributed by atoms with E-state index < -0.39 is 12.1 Å². The molecule has 0 bridgehead atoms. The van der Waals surface area contributed by atoms with Crippen molar-refractivity contribution in [1.29, 1.82) is 0 Å². The first-order valence-corrected chi connectivity index (χ1v) is 12.1. The van der Waals surface area contributed by atoms with Gasteiger partial charge in [-0.3, -0.25) is 0 Å². The molecule has 0 aliphatic heterocycles. The third-order valence-corrected chi connectivity index (χ3v) is 5.09. The Balaban J connectivity index is 3.27. The van der Waals surface area contributed by atoms with Crippen LogP contribution in [0, 0.1) is 0 Å². The van der Waals surface area contributed by atoms with Gasteiger partial charge in [-0.1, -0.05) is 90.4 Å². The van der Waals surface area contributed by atoms with Crippen molar-refractivity contribution in [2.45, 2.75) is 103 Å². The molecule has 3 N–H and O–H groups in total. The van der Waals surface area contributed by atoms with E-state index in [1.54, 1.807) is 0 Å². The first kappa shape index (κ1) is 27.7. The molecule has 0 saturated heterocycles. The second-order valence-electron chi connectivity index (χ2n) is 8.42. The van der Waals surface area contributed by atoms with Crippen molar-refractivity contribution >= 4 is 12.1 Å². The number of amides is 3. The Morgan fingerprint density at radius 3 is 1.69 bits per heavy atom. The zero-order chi connectivity index (χ0) is 21.6. The summed E-state index contributed by atoms with van der Waals surface area (Å²) in [4.78, 5) is 24.4. The fourth-order valence-electron chi connectivity index (χ4n) is 3.28. The number of quaternary nitrogens is 1. The average molecular weight is 415 g/mol. The second kappa shape index (κ2) is 21.4. The summed E-state index contributed by atoms with van der Waals surface area (Å²) < 4.78 is 5.05. The Bertz CT molecular complexity index is 390. The molecule has 0 aliphatic carbocycles. The average Bonchev–Trinajstić information content (AvgIpc) is 2.68. The molecule has 0 heterocycles. The monoisotopic (exact) mass is 414 g/mol. The summed E-state index contributed by atoms with van der Waals surface area (Å²) in [6, 6.07) is -0.482. The Morgan fingerprint density at radius 1 is 0.724 bits per heavy atom. The summed E-state index contributed by atoms with van der Waals surface area (Å²) in [6.07, 6.45) is 18.4. The van der Waals surface area contributed by atoms with Gasteiger partial charge >= 0.3 is 12.1 Å². The molecule has 0 saturated carbocycles. The van der Waals surface area contributed by atoms with E-state index in [0.29, 0.717) is 13.2 Å². The quantitative estimate of drug-likeness (QED) is 0.274. The van der Waals surface area contributed by atoms with Crippen molar-refractivity contribution in [2.24, 2.45) is 0 Å². The smallest absolute Gasteiger partial charge is 0.415 e. The maximum absolute atomic E-state index is 11.5. The zero-order valence-electron chi connectivity index (χ0n) is 19.5. The van der Waals surface area contributed by atoms with Gasteiger partial charge in [-0.05, 0) is 6.42 Å². The van der Waals surface area contributed by atoms with Gasteiger partial charge in [-0.25, -0.2) is 14.9 Å². The van der Waals surface area contributed by atoms with E-state index in [0.717, 1.165) is 25.8 Å². The maximum Gasteiger partial charge on any atom is 0.415 e. The first-order chi connectivity index (χ1) is 14.1. The van der Waals surface area contributed by atoms with Crippen LogP contribution in [0.4, 0.5) is 9.59 Å². The molecule has 0 aromatic rings. The number of ether oxygens (including phenoxy) is 1. The van der Waals surface area contributed by atoms with Gasteiger partial charge in [-0.2, -0.15) is 0 Å². The van der Waals surface area contributed by atoms with Gasteiger partial charge in [0.05, 0.1) is 27.2 Å². The number of alkyl carbamates (subject to hydrolysis) is 1. The Kier molecular flexibility index (Phi) is 20.5. The molecule has 0 aromatic carbocycles. The van der Waals surface area contributed by atoms with Gasteiger partial charge in [-0.15, -0.1) is 0 Å². The number of carbonyl (C=O) groups excluding carboxylic acids is 2. The van der Waals surface area contributed by atoms with Crippen molar-refractivity contribution in [3.63, 3.8) is 0 Å². The van der Waals surface area contributed by atoms with Crippen LogP contribution in [0.1, 0.15) is 103 Å². The summed E-state index contributed by atoms with van der Waals surface area (Å²) in [5.74, 6) is 0. The topological polar surface area (TPSA) is 71.9 Å². The van der Waals surface area contributed by atoms with Crippen LogP contribution >= 0.6 is 0 Å². The van der Waals surface area contributed by atoms with Gasteiger partial charge in [0.25, 0.3) is 0 Å². The van der Waals surface area contributed by atoms with Gasteiger partial charge < -0.3 is 15.0 Å². The zero-order valence-corrected chi connectivity index (χ0v) is 19.5. The largest absolute Gasteiger partial charge is 0.449 e. The van der Waals surface area contributed by atoms with E-state index in [1.165, 1.54) is 81.9 Å². The van der Waals surface area contributed by atoms with Gasteiger partial charge in [0, 0.05) is 13.0 Å². The molecule has 0 fully saturated rings. The summed E-state index contributed by atoms with van der Waals surface area (Å²) in [5, 5.41) is 4.86. The molecule has 0 aliphatic rings. The Morgan fingerprint density at radius 2 is 1.21 bits per heavy atom. The molecule has 29 heavy (non-hydrogen) atoms. The van der Waals surface area contributed by atoms with E-state index >= 15 is 0 Å². The van der Waals surface area contributed by atoms with Crippen molar-refractivity contribution < 1.29 is 19.2 Å². The molecule has 0 radical (unpaired) electrons. The number of nitrogens with one attached hydrogen (secondary N) is 3. The lowest BCUT2D eigenvalue weighted by Crippen LogP contribution is -3.05. The summed E-state index contributed by atoms with van der Waals surface area (Å²) in [7, 11) is 4.13. The van der Waals surface area contributed by atoms with Gasteiger partial charge in [0.15, 0.2) is 0 Å². The van der Waals surface area contributed by atoms with Gasteiger partial charge in [0.2, 0.25) is 0 Å². The number of hydrogen-bond acceptors (Lipinski definition) is 3. The predicted molar refractivity (Wildman–Crippen MR) is 120 cm³/mol. The second-order valence-corrected chi connectivity index (χ2v) is 8.42. The number of hydrogen-bond donors (Lipinski definition) is 3. The standard InChI is InChI=1S/C23H47N3O3/c1-4-5-6-7-8-9-10-11-12-13-14-15-16-17-21-29-23(28)25-22(27)24-19-18-20-26(2)3/h4-21H2,1-3H3,(H2,24,25,27,28)/p+1. The van der Waals surface area contributed by atoms with Crippen molar-refractivity contribution in [3.05, 3.63) is 0 Å². The number of imide groups is 1. The van der Waals surface area contributed by atoms with Crippen LogP contribution in [0.5, 0.6) is 0 Å². The van der Waals surface area contributed by atoms with E-state index in [2.05, 4.69) is 31.7 Å². The molecular formula is C23H48N3O3+. The van der Waals surface area contributed by atoms with E-state index in [-0.39, 0.29) is 0 Å². The molecule has 3 amide bonds. The third kappa shape index (κ3) is 22.8. The van der Waals surface area contributed by atoms with E-state index in [4.69, 9.17) is 4.74 Å². The number of unbranched alkanes of at least 4 members (excludes halogenated alkanes) is 13. The fraction of sp³-hybridized carbons (Fsp3) is 0.913. The van der Waals surface area contributed by atoms with Crippen molar-refractivity contribution in [1.82, 2.24) is 10.6 Å². The van der Waals surface area contributed by atoms with E-state index in [1.807, 2.05) is 0 Å². The van der Waals surface area contributed by atoms with Crippen LogP contribution in [0.15, 0.2) is 0 Å². The van der Waals surface area contributed by atoms with Crippen LogP contribution in [0.2, 0.25) is 0 Å². The highest BCUT2D eigenvalue weighted by Crippen LogP contribution is 2.12. The minimum Gasteiger partial charge on any atom is -0.449 e. The van der Waals surface area contributed by atoms with Crippen molar-refractivity contribution in [2.75, 3.05) is 33.8 Å².